The van der Waals surface area contributed by atoms with E-state index in [1.807, 2.05) is 18.2 Å². The van der Waals surface area contributed by atoms with Crippen LogP contribution in [0.1, 0.15) is 13.8 Å². The highest BCUT2D eigenvalue weighted by Gasteiger charge is 2.29. The van der Waals surface area contributed by atoms with E-state index in [1.54, 1.807) is 32.0 Å². The van der Waals surface area contributed by atoms with Gasteiger partial charge in [-0.2, -0.15) is 4.72 Å². The molecule has 0 aliphatic rings. The fourth-order valence-electron chi connectivity index (χ4n) is 2.72. The summed E-state index contributed by atoms with van der Waals surface area (Å²) in [5.74, 6) is -0.834. The van der Waals surface area contributed by atoms with E-state index >= 15 is 0 Å². The summed E-state index contributed by atoms with van der Waals surface area (Å²) in [6.07, 6.45) is 0. The summed E-state index contributed by atoms with van der Waals surface area (Å²) < 4.78 is 35.6. The Morgan fingerprint density at radius 3 is 2.35 bits per heavy atom. The molecule has 1 atom stereocenters. The van der Waals surface area contributed by atoms with Crippen LogP contribution >= 0.6 is 27.3 Å². The molecule has 0 saturated carbocycles. The van der Waals surface area contributed by atoms with Gasteiger partial charge in [0.25, 0.3) is 0 Å². The lowest BCUT2D eigenvalue weighted by Gasteiger charge is -2.19. The Morgan fingerprint density at radius 2 is 1.73 bits per heavy atom. The summed E-state index contributed by atoms with van der Waals surface area (Å²) in [5, 5.41) is 2.09. The summed E-state index contributed by atoms with van der Waals surface area (Å²) in [4.78, 5) is 12.0. The largest absolute Gasteiger partial charge is 0.468 e. The molecule has 138 valence electrons. The highest BCUT2D eigenvalue weighted by molar-refractivity contribution is 9.10. The zero-order valence-corrected chi connectivity index (χ0v) is 17.7. The molecule has 0 unspecified atom stereocenters. The van der Waals surface area contributed by atoms with Gasteiger partial charge in [0.2, 0.25) is 10.0 Å². The van der Waals surface area contributed by atoms with Crippen molar-refractivity contribution in [3.05, 3.63) is 40.9 Å². The van der Waals surface area contributed by atoms with E-state index in [0.29, 0.717) is 0 Å². The predicted octanol–water partition coefficient (Wildman–Crippen LogP) is 4.29. The van der Waals surface area contributed by atoms with Gasteiger partial charge in [-0.3, -0.25) is 4.79 Å². The molecular weight excluding hydrogens is 438 g/mol. The fraction of sp³-hybridized carbons (Fsp3) is 0.278. The molecule has 1 aromatic heterocycles. The molecule has 0 saturated heterocycles. The van der Waals surface area contributed by atoms with E-state index < -0.39 is 22.0 Å². The number of rotatable bonds is 5. The number of thiophene rings is 1. The molecule has 0 fully saturated rings. The monoisotopic (exact) mass is 455 g/mol. The molecule has 1 heterocycles. The van der Waals surface area contributed by atoms with Crippen LogP contribution in [0.3, 0.4) is 0 Å². The number of sulfonamides is 1. The van der Waals surface area contributed by atoms with Gasteiger partial charge in [0.15, 0.2) is 0 Å². The van der Waals surface area contributed by atoms with Gasteiger partial charge < -0.3 is 4.74 Å². The van der Waals surface area contributed by atoms with Gasteiger partial charge in [-0.25, -0.2) is 8.42 Å². The van der Waals surface area contributed by atoms with Crippen LogP contribution in [0.2, 0.25) is 0 Å². The van der Waals surface area contributed by atoms with Crippen molar-refractivity contribution in [1.82, 2.24) is 4.72 Å². The third kappa shape index (κ3) is 3.64. The summed E-state index contributed by atoms with van der Waals surface area (Å²) in [6.45, 7) is 3.52. The van der Waals surface area contributed by atoms with Crippen LogP contribution in [-0.4, -0.2) is 27.5 Å². The van der Waals surface area contributed by atoms with Crippen molar-refractivity contribution in [2.75, 3.05) is 7.11 Å². The maximum absolute atomic E-state index is 12.8. The number of methoxy groups -OCH3 is 1. The third-order valence-electron chi connectivity index (χ3n) is 4.12. The van der Waals surface area contributed by atoms with Crippen molar-refractivity contribution in [2.24, 2.45) is 5.92 Å². The second-order valence-corrected chi connectivity index (χ2v) is 9.98. The van der Waals surface area contributed by atoms with Crippen LogP contribution in [0.4, 0.5) is 0 Å². The number of benzene rings is 2. The van der Waals surface area contributed by atoms with E-state index in [-0.39, 0.29) is 10.8 Å². The first-order valence-electron chi connectivity index (χ1n) is 7.95. The lowest BCUT2D eigenvalue weighted by molar-refractivity contribution is -0.143. The summed E-state index contributed by atoms with van der Waals surface area (Å²) in [5.41, 5.74) is 0. The number of halogens is 1. The average molecular weight is 456 g/mol. The second kappa shape index (κ2) is 7.26. The zero-order valence-electron chi connectivity index (χ0n) is 14.4. The minimum Gasteiger partial charge on any atom is -0.468 e. The van der Waals surface area contributed by atoms with Crippen molar-refractivity contribution in [3.8, 4) is 0 Å². The Kier molecular flexibility index (Phi) is 5.39. The molecule has 0 spiro atoms. The molecule has 1 N–H and O–H groups in total. The van der Waals surface area contributed by atoms with Gasteiger partial charge in [0.1, 0.15) is 6.04 Å². The molecule has 0 radical (unpaired) electrons. The van der Waals surface area contributed by atoms with E-state index in [4.69, 9.17) is 4.74 Å². The summed E-state index contributed by atoms with van der Waals surface area (Å²) in [6, 6.07) is 10.1. The van der Waals surface area contributed by atoms with Crippen LogP contribution in [-0.2, 0) is 19.6 Å². The van der Waals surface area contributed by atoms with Gasteiger partial charge >= 0.3 is 5.97 Å². The number of nitrogens with one attached hydrogen (secondary N) is 1. The van der Waals surface area contributed by atoms with Crippen LogP contribution in [0.5, 0.6) is 0 Å². The van der Waals surface area contributed by atoms with Crippen LogP contribution in [0.15, 0.2) is 45.8 Å². The highest BCUT2D eigenvalue weighted by atomic mass is 79.9. The smallest absolute Gasteiger partial charge is 0.324 e. The van der Waals surface area contributed by atoms with Crippen molar-refractivity contribution in [1.29, 1.82) is 0 Å². The van der Waals surface area contributed by atoms with Gasteiger partial charge in [0, 0.05) is 24.6 Å². The number of hydrogen-bond donors (Lipinski definition) is 1. The van der Waals surface area contributed by atoms with E-state index in [2.05, 4.69) is 20.7 Å². The van der Waals surface area contributed by atoms with Crippen molar-refractivity contribution >= 4 is 63.4 Å². The molecule has 2 aromatic carbocycles. The number of ether oxygens (including phenoxy) is 1. The SMILES string of the molecule is COC(=O)[C@H](NS(=O)(=O)c1ccc2c(c1)sc1cc(Br)ccc12)C(C)C. The molecule has 3 aromatic rings. The summed E-state index contributed by atoms with van der Waals surface area (Å²) in [7, 11) is -2.61. The summed E-state index contributed by atoms with van der Waals surface area (Å²) >= 11 is 4.98. The molecule has 0 aliphatic heterocycles. The van der Waals surface area contributed by atoms with Gasteiger partial charge in [0.05, 0.1) is 12.0 Å². The minimum atomic E-state index is -3.85. The van der Waals surface area contributed by atoms with Gasteiger partial charge in [-0.15, -0.1) is 11.3 Å². The van der Waals surface area contributed by atoms with E-state index in [0.717, 1.165) is 24.6 Å². The topological polar surface area (TPSA) is 72.5 Å². The maximum Gasteiger partial charge on any atom is 0.324 e. The Balaban J connectivity index is 2.03. The average Bonchev–Trinajstić information content (AvgIpc) is 2.95. The molecule has 3 rings (SSSR count). The highest BCUT2D eigenvalue weighted by Crippen LogP contribution is 2.36. The number of fused-ring (bicyclic) bond motifs is 3. The predicted molar refractivity (Wildman–Crippen MR) is 108 cm³/mol. The Bertz CT molecular complexity index is 1090. The van der Waals surface area contributed by atoms with Gasteiger partial charge in [-0.05, 0) is 30.2 Å². The van der Waals surface area contributed by atoms with Crippen molar-refractivity contribution in [2.45, 2.75) is 24.8 Å². The molecule has 8 heteroatoms. The van der Waals surface area contributed by atoms with E-state index in [1.165, 1.54) is 18.4 Å². The molecule has 5 nitrogen and oxygen atoms in total. The first-order chi connectivity index (χ1) is 12.2. The Morgan fingerprint density at radius 1 is 1.12 bits per heavy atom. The number of esters is 1. The molecule has 26 heavy (non-hydrogen) atoms. The molecule has 0 aliphatic carbocycles. The van der Waals surface area contributed by atoms with E-state index in [9.17, 15) is 13.2 Å². The van der Waals surface area contributed by atoms with Gasteiger partial charge in [-0.1, -0.05) is 41.9 Å². The standard InChI is InChI=1S/C18H18BrNO4S2/c1-10(2)17(18(21)24-3)20-26(22,23)12-5-7-14-13-6-4-11(19)8-15(13)25-16(14)9-12/h4-10,17,20H,1-3H3/t17-/m1/s1. The minimum absolute atomic E-state index is 0.130. The molecule has 0 amide bonds. The number of hydrogen-bond acceptors (Lipinski definition) is 5. The van der Waals surface area contributed by atoms with Crippen LogP contribution in [0, 0.1) is 5.92 Å². The zero-order chi connectivity index (χ0) is 19.1. The first kappa shape index (κ1) is 19.3. The van der Waals surface area contributed by atoms with Crippen LogP contribution in [0.25, 0.3) is 20.2 Å². The number of carbonyl (C=O) groups excluding carboxylic acids is 1. The first-order valence-corrected chi connectivity index (χ1v) is 11.0. The molecule has 0 bridgehead atoms. The number of carbonyl (C=O) groups is 1. The van der Waals surface area contributed by atoms with Crippen LogP contribution < -0.4 is 4.72 Å². The third-order valence-corrected chi connectivity index (χ3v) is 7.17. The quantitative estimate of drug-likeness (QED) is 0.582. The lowest BCUT2D eigenvalue weighted by Crippen LogP contribution is -2.44. The fourth-order valence-corrected chi connectivity index (χ4v) is 5.85. The maximum atomic E-state index is 12.8. The normalized spacial score (nSPS) is 13.4. The van der Waals surface area contributed by atoms with Crippen molar-refractivity contribution < 1.29 is 17.9 Å². The Hall–Kier alpha value is -1.48. The Labute approximate surface area is 164 Å². The lowest BCUT2D eigenvalue weighted by atomic mass is 10.1. The van der Waals surface area contributed by atoms with Crippen molar-refractivity contribution in [3.63, 3.8) is 0 Å². The molecular formula is C18H18BrNO4S2. The second-order valence-electron chi connectivity index (χ2n) is 6.27.